The second kappa shape index (κ2) is 7.01. The molecule has 0 saturated heterocycles. The van der Waals surface area contributed by atoms with E-state index in [0.29, 0.717) is 13.1 Å². The Hall–Kier alpha value is -1.42. The number of likely N-dealkylation sites (N-methyl/N-ethyl adjacent to an activating group) is 1. The molecular formula is C13H21N3O. The number of nitrogens with one attached hydrogen (secondary N) is 2. The van der Waals surface area contributed by atoms with Crippen molar-refractivity contribution < 1.29 is 4.79 Å². The van der Waals surface area contributed by atoms with Crippen molar-refractivity contribution in [2.24, 2.45) is 0 Å². The van der Waals surface area contributed by atoms with E-state index in [1.807, 2.05) is 19.9 Å². The summed E-state index contributed by atoms with van der Waals surface area (Å²) in [6.45, 7) is 7.17. The zero-order valence-electron chi connectivity index (χ0n) is 10.8. The fraction of sp³-hybridized carbons (Fsp3) is 0.538. The fourth-order valence-electron chi connectivity index (χ4n) is 1.62. The molecule has 0 fully saturated rings. The first-order chi connectivity index (χ1) is 8.19. The number of aryl methyl sites for hydroxylation is 1. The van der Waals surface area contributed by atoms with Crippen LogP contribution in [0, 0.1) is 0 Å². The van der Waals surface area contributed by atoms with Crippen LogP contribution in [0.5, 0.6) is 0 Å². The summed E-state index contributed by atoms with van der Waals surface area (Å²) in [5, 5.41) is 5.97. The lowest BCUT2D eigenvalue weighted by Crippen LogP contribution is -2.41. The first kappa shape index (κ1) is 13.6. The highest BCUT2D eigenvalue weighted by molar-refractivity contribution is 5.81. The minimum atomic E-state index is -0.193. The molecule has 94 valence electrons. The van der Waals surface area contributed by atoms with Crippen molar-refractivity contribution in [3.05, 3.63) is 29.6 Å². The molecule has 17 heavy (non-hydrogen) atoms. The van der Waals surface area contributed by atoms with Gasteiger partial charge >= 0.3 is 0 Å². The van der Waals surface area contributed by atoms with Crippen LogP contribution in [0.3, 0.4) is 0 Å². The number of amides is 1. The standard InChI is InChI=1S/C13H21N3O/c1-4-11-7-6-8-15-12(11)9-16-10(3)13(17)14-5-2/h6-8,10,16H,4-5,9H2,1-3H3,(H,14,17). The lowest BCUT2D eigenvalue weighted by molar-refractivity contribution is -0.122. The molecule has 0 aromatic carbocycles. The molecule has 1 amide bonds. The monoisotopic (exact) mass is 235 g/mol. The number of hydrogen-bond donors (Lipinski definition) is 2. The van der Waals surface area contributed by atoms with Crippen LogP contribution in [-0.4, -0.2) is 23.5 Å². The van der Waals surface area contributed by atoms with E-state index in [0.717, 1.165) is 12.1 Å². The van der Waals surface area contributed by atoms with Gasteiger partial charge in [-0.25, -0.2) is 0 Å². The molecule has 1 aromatic rings. The van der Waals surface area contributed by atoms with Crippen molar-refractivity contribution in [2.75, 3.05) is 6.54 Å². The molecule has 0 aliphatic carbocycles. The summed E-state index contributed by atoms with van der Waals surface area (Å²) in [5.74, 6) is 0.0291. The number of rotatable bonds is 6. The topological polar surface area (TPSA) is 54.0 Å². The summed E-state index contributed by atoms with van der Waals surface area (Å²) in [4.78, 5) is 15.9. The number of pyridine rings is 1. The Kier molecular flexibility index (Phi) is 5.63. The van der Waals surface area contributed by atoms with Crippen LogP contribution in [0.25, 0.3) is 0 Å². The van der Waals surface area contributed by atoms with E-state index in [1.54, 1.807) is 6.20 Å². The Morgan fingerprint density at radius 2 is 2.24 bits per heavy atom. The lowest BCUT2D eigenvalue weighted by atomic mass is 10.1. The maximum absolute atomic E-state index is 11.5. The molecule has 0 radical (unpaired) electrons. The summed E-state index contributed by atoms with van der Waals surface area (Å²) < 4.78 is 0. The molecular weight excluding hydrogens is 214 g/mol. The van der Waals surface area contributed by atoms with E-state index in [9.17, 15) is 4.79 Å². The van der Waals surface area contributed by atoms with E-state index in [1.165, 1.54) is 5.56 Å². The molecule has 1 atom stereocenters. The average molecular weight is 235 g/mol. The number of aromatic nitrogens is 1. The van der Waals surface area contributed by atoms with Gasteiger partial charge in [0.2, 0.25) is 5.91 Å². The van der Waals surface area contributed by atoms with Gasteiger partial charge in [-0.05, 0) is 31.9 Å². The van der Waals surface area contributed by atoms with E-state index in [4.69, 9.17) is 0 Å². The van der Waals surface area contributed by atoms with Crippen LogP contribution in [-0.2, 0) is 17.8 Å². The number of hydrogen-bond acceptors (Lipinski definition) is 3. The minimum absolute atomic E-state index is 0.0291. The summed E-state index contributed by atoms with van der Waals surface area (Å²) in [6.07, 6.45) is 2.74. The Bertz CT molecular complexity index is 365. The van der Waals surface area contributed by atoms with Gasteiger partial charge in [-0.3, -0.25) is 9.78 Å². The summed E-state index contributed by atoms with van der Waals surface area (Å²) in [6, 6.07) is 3.82. The maximum Gasteiger partial charge on any atom is 0.236 e. The first-order valence-corrected chi connectivity index (χ1v) is 6.12. The van der Waals surface area contributed by atoms with Crippen molar-refractivity contribution >= 4 is 5.91 Å². The molecule has 4 heteroatoms. The van der Waals surface area contributed by atoms with Crippen molar-refractivity contribution in [1.29, 1.82) is 0 Å². The SMILES string of the molecule is CCNC(=O)C(C)NCc1ncccc1CC. The average Bonchev–Trinajstić information content (AvgIpc) is 2.36. The molecule has 0 aliphatic heterocycles. The van der Waals surface area contributed by atoms with Gasteiger partial charge in [-0.15, -0.1) is 0 Å². The van der Waals surface area contributed by atoms with Crippen LogP contribution in [0.15, 0.2) is 18.3 Å². The van der Waals surface area contributed by atoms with Crippen LogP contribution in [0.2, 0.25) is 0 Å². The lowest BCUT2D eigenvalue weighted by Gasteiger charge is -2.14. The molecule has 1 aromatic heterocycles. The quantitative estimate of drug-likeness (QED) is 0.780. The molecule has 0 aliphatic rings. The van der Waals surface area contributed by atoms with Gasteiger partial charge in [0.25, 0.3) is 0 Å². The Labute approximate surface area is 103 Å². The second-order valence-electron chi connectivity index (χ2n) is 3.96. The Balaban J connectivity index is 2.52. The Morgan fingerprint density at radius 1 is 1.47 bits per heavy atom. The number of carbonyl (C=O) groups is 1. The van der Waals surface area contributed by atoms with Gasteiger partial charge in [0.05, 0.1) is 11.7 Å². The minimum Gasteiger partial charge on any atom is -0.355 e. The highest BCUT2D eigenvalue weighted by atomic mass is 16.2. The predicted molar refractivity (Wildman–Crippen MR) is 68.6 cm³/mol. The van der Waals surface area contributed by atoms with Crippen LogP contribution in [0.4, 0.5) is 0 Å². The third kappa shape index (κ3) is 4.15. The first-order valence-electron chi connectivity index (χ1n) is 6.12. The number of nitrogens with zero attached hydrogens (tertiary/aromatic N) is 1. The van der Waals surface area contributed by atoms with Gasteiger partial charge in [0.15, 0.2) is 0 Å². The predicted octanol–water partition coefficient (Wildman–Crippen LogP) is 1.26. The van der Waals surface area contributed by atoms with Crippen molar-refractivity contribution in [3.8, 4) is 0 Å². The van der Waals surface area contributed by atoms with Gasteiger partial charge in [0, 0.05) is 19.3 Å². The molecule has 0 saturated carbocycles. The third-order valence-corrected chi connectivity index (χ3v) is 2.69. The van der Waals surface area contributed by atoms with E-state index in [2.05, 4.69) is 28.6 Å². The largest absolute Gasteiger partial charge is 0.355 e. The third-order valence-electron chi connectivity index (χ3n) is 2.69. The van der Waals surface area contributed by atoms with E-state index >= 15 is 0 Å². The zero-order valence-corrected chi connectivity index (χ0v) is 10.8. The molecule has 4 nitrogen and oxygen atoms in total. The van der Waals surface area contributed by atoms with Crippen LogP contribution in [0.1, 0.15) is 32.0 Å². The summed E-state index contributed by atoms with van der Waals surface area (Å²) in [5.41, 5.74) is 2.24. The second-order valence-corrected chi connectivity index (χ2v) is 3.96. The van der Waals surface area contributed by atoms with Gasteiger partial charge in [-0.2, -0.15) is 0 Å². The van der Waals surface area contributed by atoms with E-state index in [-0.39, 0.29) is 11.9 Å². The maximum atomic E-state index is 11.5. The van der Waals surface area contributed by atoms with Crippen molar-refractivity contribution in [1.82, 2.24) is 15.6 Å². The fourth-order valence-corrected chi connectivity index (χ4v) is 1.62. The normalized spacial score (nSPS) is 12.2. The Morgan fingerprint density at radius 3 is 2.88 bits per heavy atom. The van der Waals surface area contributed by atoms with Gasteiger partial charge < -0.3 is 10.6 Å². The van der Waals surface area contributed by atoms with Crippen LogP contribution < -0.4 is 10.6 Å². The van der Waals surface area contributed by atoms with Crippen molar-refractivity contribution in [2.45, 2.75) is 39.8 Å². The molecule has 0 spiro atoms. The van der Waals surface area contributed by atoms with Gasteiger partial charge in [0.1, 0.15) is 0 Å². The highest BCUT2D eigenvalue weighted by Crippen LogP contribution is 2.05. The molecule has 0 bridgehead atoms. The van der Waals surface area contributed by atoms with E-state index < -0.39 is 0 Å². The highest BCUT2D eigenvalue weighted by Gasteiger charge is 2.11. The summed E-state index contributed by atoms with van der Waals surface area (Å²) in [7, 11) is 0. The molecule has 1 rings (SSSR count). The summed E-state index contributed by atoms with van der Waals surface area (Å²) >= 11 is 0. The van der Waals surface area contributed by atoms with Crippen molar-refractivity contribution in [3.63, 3.8) is 0 Å². The van der Waals surface area contributed by atoms with Gasteiger partial charge in [-0.1, -0.05) is 13.0 Å². The molecule has 2 N–H and O–H groups in total. The molecule has 1 unspecified atom stereocenters. The number of carbonyl (C=O) groups excluding carboxylic acids is 1. The molecule has 1 heterocycles. The van der Waals surface area contributed by atoms with Crippen LogP contribution >= 0.6 is 0 Å². The smallest absolute Gasteiger partial charge is 0.236 e. The zero-order chi connectivity index (χ0) is 12.7.